The zero-order valence-electron chi connectivity index (χ0n) is 13.2. The summed E-state index contributed by atoms with van der Waals surface area (Å²) in [5.41, 5.74) is 0.595. The standard InChI is InChI=1S/C17H11ClN6O2/c1-10(25)12-6-11(8-19)13(18)7-15(12)21-17(26)14-2-3-16(23-22-14)24-5-4-20-9-24/h2-7,9,25H,1H2,(H,21,26). The Kier molecular flexibility index (Phi) is 4.64. The van der Waals surface area contributed by atoms with Crippen LogP contribution in [0, 0.1) is 11.3 Å². The SMILES string of the molecule is C=C(O)c1cc(C#N)c(Cl)cc1NC(=O)c1ccc(-n2ccnc2)nn1. The number of benzene rings is 1. The number of aliphatic hydroxyl groups is 1. The van der Waals surface area contributed by atoms with E-state index in [1.807, 2.05) is 6.07 Å². The molecule has 0 aliphatic heterocycles. The number of nitriles is 1. The van der Waals surface area contributed by atoms with Crippen molar-refractivity contribution in [3.05, 3.63) is 71.4 Å². The van der Waals surface area contributed by atoms with Crippen molar-refractivity contribution in [1.82, 2.24) is 19.7 Å². The third kappa shape index (κ3) is 3.38. The monoisotopic (exact) mass is 366 g/mol. The molecule has 0 bridgehead atoms. The predicted molar refractivity (Wildman–Crippen MR) is 94.9 cm³/mol. The lowest BCUT2D eigenvalue weighted by Gasteiger charge is -2.11. The molecule has 2 heterocycles. The van der Waals surface area contributed by atoms with E-state index in [0.717, 1.165) is 0 Å². The molecule has 0 fully saturated rings. The molecule has 8 nitrogen and oxygen atoms in total. The fraction of sp³-hybridized carbons (Fsp3) is 0. The zero-order valence-corrected chi connectivity index (χ0v) is 14.0. The topological polar surface area (TPSA) is 117 Å². The molecule has 0 aliphatic carbocycles. The fourth-order valence-electron chi connectivity index (χ4n) is 2.17. The van der Waals surface area contributed by atoms with Crippen LogP contribution in [0.15, 0.2) is 49.6 Å². The van der Waals surface area contributed by atoms with E-state index in [1.165, 1.54) is 18.2 Å². The van der Waals surface area contributed by atoms with Crippen molar-refractivity contribution in [1.29, 1.82) is 5.26 Å². The molecule has 9 heteroatoms. The Morgan fingerprint density at radius 2 is 2.15 bits per heavy atom. The van der Waals surface area contributed by atoms with Crippen molar-refractivity contribution in [3.63, 3.8) is 0 Å². The number of anilines is 1. The van der Waals surface area contributed by atoms with Crippen molar-refractivity contribution in [2.24, 2.45) is 0 Å². The second kappa shape index (κ2) is 7.04. The van der Waals surface area contributed by atoms with E-state index in [2.05, 4.69) is 27.1 Å². The number of halogens is 1. The van der Waals surface area contributed by atoms with Gasteiger partial charge in [0.1, 0.15) is 18.2 Å². The Bertz CT molecular complexity index is 1020. The van der Waals surface area contributed by atoms with Crippen LogP contribution >= 0.6 is 11.6 Å². The highest BCUT2D eigenvalue weighted by molar-refractivity contribution is 6.32. The van der Waals surface area contributed by atoms with Gasteiger partial charge in [-0.15, -0.1) is 10.2 Å². The number of carbonyl (C=O) groups is 1. The summed E-state index contributed by atoms with van der Waals surface area (Å²) in [6.45, 7) is 3.43. The molecule has 3 rings (SSSR count). The van der Waals surface area contributed by atoms with Gasteiger partial charge in [-0.05, 0) is 24.3 Å². The van der Waals surface area contributed by atoms with E-state index < -0.39 is 5.91 Å². The van der Waals surface area contributed by atoms with Gasteiger partial charge in [-0.2, -0.15) is 5.26 Å². The number of hydrogen-bond donors (Lipinski definition) is 2. The lowest BCUT2D eigenvalue weighted by molar-refractivity contribution is 0.102. The predicted octanol–water partition coefficient (Wildman–Crippen LogP) is 2.97. The number of nitrogens with one attached hydrogen (secondary N) is 1. The largest absolute Gasteiger partial charge is 0.508 e. The molecule has 0 atom stereocenters. The summed E-state index contributed by atoms with van der Waals surface area (Å²) in [7, 11) is 0. The van der Waals surface area contributed by atoms with Gasteiger partial charge in [0.2, 0.25) is 0 Å². The molecule has 0 unspecified atom stereocenters. The molecule has 128 valence electrons. The molecule has 0 radical (unpaired) electrons. The van der Waals surface area contributed by atoms with E-state index in [1.54, 1.807) is 29.4 Å². The quantitative estimate of drug-likeness (QED) is 0.685. The number of amides is 1. The van der Waals surface area contributed by atoms with Crippen molar-refractivity contribution in [2.75, 3.05) is 5.32 Å². The third-order valence-corrected chi connectivity index (χ3v) is 3.75. The molecular formula is C17H11ClN6O2. The van der Waals surface area contributed by atoms with Gasteiger partial charge in [0.25, 0.3) is 5.91 Å². The van der Waals surface area contributed by atoms with Gasteiger partial charge in [-0.3, -0.25) is 9.36 Å². The number of aliphatic hydroxyl groups excluding tert-OH is 1. The first-order valence-corrected chi connectivity index (χ1v) is 7.62. The molecule has 0 spiro atoms. The Morgan fingerprint density at radius 1 is 1.35 bits per heavy atom. The van der Waals surface area contributed by atoms with E-state index in [0.29, 0.717) is 5.82 Å². The van der Waals surface area contributed by atoms with Crippen LogP contribution in [-0.2, 0) is 0 Å². The van der Waals surface area contributed by atoms with Gasteiger partial charge < -0.3 is 10.4 Å². The Labute approximate surface area is 153 Å². The van der Waals surface area contributed by atoms with Gasteiger partial charge >= 0.3 is 0 Å². The summed E-state index contributed by atoms with van der Waals surface area (Å²) < 4.78 is 1.64. The minimum absolute atomic E-state index is 0.0591. The lowest BCUT2D eigenvalue weighted by Crippen LogP contribution is -2.16. The van der Waals surface area contributed by atoms with Gasteiger partial charge in [-0.1, -0.05) is 18.2 Å². The van der Waals surface area contributed by atoms with Gasteiger partial charge in [0, 0.05) is 18.0 Å². The van der Waals surface area contributed by atoms with Crippen LogP contribution in [0.5, 0.6) is 0 Å². The maximum Gasteiger partial charge on any atom is 0.276 e. The molecule has 0 saturated carbocycles. The highest BCUT2D eigenvalue weighted by Crippen LogP contribution is 2.29. The Morgan fingerprint density at radius 3 is 2.73 bits per heavy atom. The van der Waals surface area contributed by atoms with Crippen LogP contribution in [0.2, 0.25) is 5.02 Å². The van der Waals surface area contributed by atoms with Crippen molar-refractivity contribution in [2.45, 2.75) is 0 Å². The van der Waals surface area contributed by atoms with Crippen LogP contribution in [0.3, 0.4) is 0 Å². The van der Waals surface area contributed by atoms with Crippen LogP contribution < -0.4 is 5.32 Å². The summed E-state index contributed by atoms with van der Waals surface area (Å²) in [5.74, 6) is -0.363. The maximum atomic E-state index is 12.4. The average molecular weight is 367 g/mol. The molecular weight excluding hydrogens is 356 g/mol. The summed E-state index contributed by atoms with van der Waals surface area (Å²) in [4.78, 5) is 16.3. The van der Waals surface area contributed by atoms with Crippen LogP contribution in [0.1, 0.15) is 21.6 Å². The highest BCUT2D eigenvalue weighted by Gasteiger charge is 2.15. The number of rotatable bonds is 4. The average Bonchev–Trinajstić information content (AvgIpc) is 3.16. The van der Waals surface area contributed by atoms with Crippen molar-refractivity contribution < 1.29 is 9.90 Å². The van der Waals surface area contributed by atoms with Crippen LogP contribution in [-0.4, -0.2) is 30.8 Å². The zero-order chi connectivity index (χ0) is 18.7. The molecule has 1 aromatic carbocycles. The molecule has 0 saturated heterocycles. The molecule has 3 aromatic rings. The molecule has 2 aromatic heterocycles. The number of imidazole rings is 1. The smallest absolute Gasteiger partial charge is 0.276 e. The van der Waals surface area contributed by atoms with Gasteiger partial charge in [0.15, 0.2) is 11.5 Å². The molecule has 26 heavy (non-hydrogen) atoms. The van der Waals surface area contributed by atoms with Gasteiger partial charge in [0.05, 0.1) is 16.3 Å². The Balaban J connectivity index is 1.87. The first-order valence-electron chi connectivity index (χ1n) is 7.25. The van der Waals surface area contributed by atoms with E-state index in [9.17, 15) is 9.90 Å². The van der Waals surface area contributed by atoms with Gasteiger partial charge in [-0.25, -0.2) is 4.98 Å². The molecule has 1 amide bonds. The van der Waals surface area contributed by atoms with Crippen molar-refractivity contribution in [3.8, 4) is 11.9 Å². The van der Waals surface area contributed by atoms with Crippen molar-refractivity contribution >= 4 is 29.0 Å². The van der Waals surface area contributed by atoms with E-state index >= 15 is 0 Å². The van der Waals surface area contributed by atoms with E-state index in [-0.39, 0.29) is 33.3 Å². The van der Waals surface area contributed by atoms with Crippen LogP contribution in [0.4, 0.5) is 5.69 Å². The first kappa shape index (κ1) is 17.1. The Hall–Kier alpha value is -3.70. The summed E-state index contributed by atoms with van der Waals surface area (Å²) in [6.07, 6.45) is 4.85. The summed E-state index contributed by atoms with van der Waals surface area (Å²) in [6, 6.07) is 7.71. The second-order valence-electron chi connectivity index (χ2n) is 5.14. The second-order valence-corrected chi connectivity index (χ2v) is 5.54. The number of hydrogen-bond acceptors (Lipinski definition) is 6. The third-order valence-electron chi connectivity index (χ3n) is 3.44. The summed E-state index contributed by atoms with van der Waals surface area (Å²) in [5, 5.41) is 29.3. The minimum atomic E-state index is -0.557. The minimum Gasteiger partial charge on any atom is -0.508 e. The number of nitrogens with zero attached hydrogens (tertiary/aromatic N) is 5. The fourth-order valence-corrected chi connectivity index (χ4v) is 2.37. The number of carbonyl (C=O) groups excluding carboxylic acids is 1. The normalized spacial score (nSPS) is 10.2. The summed E-state index contributed by atoms with van der Waals surface area (Å²) >= 11 is 5.99. The molecule has 0 aliphatic rings. The molecule has 2 N–H and O–H groups in total. The number of aromatic nitrogens is 4. The lowest BCUT2D eigenvalue weighted by atomic mass is 10.1. The maximum absolute atomic E-state index is 12.4. The highest BCUT2D eigenvalue weighted by atomic mass is 35.5. The van der Waals surface area contributed by atoms with E-state index in [4.69, 9.17) is 16.9 Å². The van der Waals surface area contributed by atoms with Crippen LogP contribution in [0.25, 0.3) is 11.6 Å². The first-order chi connectivity index (χ1) is 12.5.